The van der Waals surface area contributed by atoms with Gasteiger partial charge in [-0.3, -0.25) is 14.9 Å². The Morgan fingerprint density at radius 2 is 1.52 bits per heavy atom. The van der Waals surface area contributed by atoms with Gasteiger partial charge in [0.25, 0.3) is 11.6 Å². The van der Waals surface area contributed by atoms with Crippen LogP contribution in [0.5, 0.6) is 5.75 Å². The van der Waals surface area contributed by atoms with E-state index >= 15 is 0 Å². The molecule has 0 aliphatic rings. The Morgan fingerprint density at radius 3 is 2.07 bits per heavy atom. The number of rotatable bonds is 6. The highest BCUT2D eigenvalue weighted by Crippen LogP contribution is 2.25. The standard InChI is InChI=1S/C21H18N2O4/c1-27-19-13-9-16(10-14-19)20(15-5-3-2-4-6-15)22-21(24)17-7-11-18(12-8-17)23(25)26/h2-14,20H,1H3,(H,22,24)/t20-/m1/s1. The third kappa shape index (κ3) is 4.30. The number of carbonyl (C=O) groups is 1. The predicted octanol–water partition coefficient (Wildman–Crippen LogP) is 4.12. The average Bonchev–Trinajstić information content (AvgIpc) is 2.72. The Morgan fingerprint density at radius 1 is 0.926 bits per heavy atom. The monoisotopic (exact) mass is 362 g/mol. The van der Waals surface area contributed by atoms with Crippen LogP contribution < -0.4 is 10.1 Å². The molecule has 3 aromatic carbocycles. The summed E-state index contributed by atoms with van der Waals surface area (Å²) in [6, 6.07) is 22.2. The minimum atomic E-state index is -0.494. The molecule has 1 atom stereocenters. The Balaban J connectivity index is 1.88. The maximum Gasteiger partial charge on any atom is 0.269 e. The zero-order valence-corrected chi connectivity index (χ0v) is 14.7. The van der Waals surface area contributed by atoms with Crippen molar-refractivity contribution in [2.75, 3.05) is 7.11 Å². The zero-order valence-electron chi connectivity index (χ0n) is 14.7. The number of benzene rings is 3. The second-order valence-electron chi connectivity index (χ2n) is 5.89. The molecule has 0 aromatic heterocycles. The van der Waals surface area contributed by atoms with E-state index in [0.29, 0.717) is 5.56 Å². The molecule has 1 amide bonds. The summed E-state index contributed by atoms with van der Waals surface area (Å²) in [5.41, 5.74) is 2.13. The van der Waals surface area contributed by atoms with E-state index in [1.807, 2.05) is 54.6 Å². The largest absolute Gasteiger partial charge is 0.497 e. The van der Waals surface area contributed by atoms with Crippen LogP contribution in [0.25, 0.3) is 0 Å². The first-order chi connectivity index (χ1) is 13.1. The van der Waals surface area contributed by atoms with E-state index in [1.165, 1.54) is 24.3 Å². The molecule has 0 aliphatic heterocycles. The number of methoxy groups -OCH3 is 1. The minimum Gasteiger partial charge on any atom is -0.497 e. The number of non-ortho nitro benzene ring substituents is 1. The number of hydrogen-bond acceptors (Lipinski definition) is 4. The van der Waals surface area contributed by atoms with E-state index < -0.39 is 4.92 Å². The van der Waals surface area contributed by atoms with Gasteiger partial charge in [0.15, 0.2) is 0 Å². The lowest BCUT2D eigenvalue weighted by atomic mass is 9.98. The van der Waals surface area contributed by atoms with Gasteiger partial charge in [0.1, 0.15) is 5.75 Å². The molecule has 0 saturated heterocycles. The number of ether oxygens (including phenoxy) is 1. The van der Waals surface area contributed by atoms with Crippen LogP contribution in [0.2, 0.25) is 0 Å². The molecule has 3 aromatic rings. The molecule has 0 aliphatic carbocycles. The number of carbonyl (C=O) groups excluding carboxylic acids is 1. The van der Waals surface area contributed by atoms with E-state index in [-0.39, 0.29) is 17.6 Å². The highest BCUT2D eigenvalue weighted by molar-refractivity contribution is 5.94. The van der Waals surface area contributed by atoms with Gasteiger partial charge in [-0.1, -0.05) is 42.5 Å². The summed E-state index contributed by atoms with van der Waals surface area (Å²) < 4.78 is 5.19. The molecule has 0 fully saturated rings. The van der Waals surface area contributed by atoms with E-state index in [9.17, 15) is 14.9 Å². The van der Waals surface area contributed by atoms with Gasteiger partial charge < -0.3 is 10.1 Å². The molecule has 0 spiro atoms. The first kappa shape index (κ1) is 18.1. The van der Waals surface area contributed by atoms with Gasteiger partial charge in [-0.15, -0.1) is 0 Å². The number of nitrogens with one attached hydrogen (secondary N) is 1. The number of hydrogen-bond donors (Lipinski definition) is 1. The quantitative estimate of drug-likeness (QED) is 0.528. The Hall–Kier alpha value is -3.67. The molecule has 0 heterocycles. The summed E-state index contributed by atoms with van der Waals surface area (Å²) in [5.74, 6) is 0.418. The fourth-order valence-corrected chi connectivity index (χ4v) is 2.75. The van der Waals surface area contributed by atoms with Crippen molar-refractivity contribution in [2.45, 2.75) is 6.04 Å². The van der Waals surface area contributed by atoms with Crippen LogP contribution >= 0.6 is 0 Å². The Labute approximate surface area is 156 Å². The fraction of sp³-hybridized carbons (Fsp3) is 0.0952. The second-order valence-corrected chi connectivity index (χ2v) is 5.89. The Bertz CT molecular complexity index is 923. The molecule has 3 rings (SSSR count). The van der Waals surface area contributed by atoms with Crippen LogP contribution in [0.15, 0.2) is 78.9 Å². The molecule has 6 nitrogen and oxygen atoms in total. The number of amides is 1. The van der Waals surface area contributed by atoms with Crippen LogP contribution in [-0.4, -0.2) is 17.9 Å². The van der Waals surface area contributed by atoms with Gasteiger partial charge in [0, 0.05) is 17.7 Å². The lowest BCUT2D eigenvalue weighted by molar-refractivity contribution is -0.384. The van der Waals surface area contributed by atoms with Gasteiger partial charge in [0.2, 0.25) is 0 Å². The van der Waals surface area contributed by atoms with Crippen LogP contribution in [0.1, 0.15) is 27.5 Å². The molecule has 0 bridgehead atoms. The van der Waals surface area contributed by atoms with Crippen molar-refractivity contribution >= 4 is 11.6 Å². The second kappa shape index (κ2) is 8.14. The number of nitrogens with zero attached hydrogens (tertiary/aromatic N) is 1. The van der Waals surface area contributed by atoms with Crippen molar-refractivity contribution in [1.82, 2.24) is 5.32 Å². The van der Waals surface area contributed by atoms with Gasteiger partial charge in [-0.05, 0) is 35.4 Å². The first-order valence-corrected chi connectivity index (χ1v) is 8.32. The number of nitro benzene ring substituents is 1. The maximum absolute atomic E-state index is 12.7. The summed E-state index contributed by atoms with van der Waals surface area (Å²) in [5, 5.41) is 13.8. The molecule has 27 heavy (non-hydrogen) atoms. The van der Waals surface area contributed by atoms with Crippen molar-refractivity contribution in [3.8, 4) is 5.75 Å². The lowest BCUT2D eigenvalue weighted by Gasteiger charge is -2.20. The smallest absolute Gasteiger partial charge is 0.269 e. The molecule has 6 heteroatoms. The fourth-order valence-electron chi connectivity index (χ4n) is 2.75. The highest BCUT2D eigenvalue weighted by Gasteiger charge is 2.18. The molecular formula is C21H18N2O4. The van der Waals surface area contributed by atoms with Crippen LogP contribution in [0, 0.1) is 10.1 Å². The Kier molecular flexibility index (Phi) is 5.47. The van der Waals surface area contributed by atoms with Crippen molar-refractivity contribution in [3.63, 3.8) is 0 Å². The van der Waals surface area contributed by atoms with E-state index in [4.69, 9.17) is 4.74 Å². The van der Waals surface area contributed by atoms with E-state index in [1.54, 1.807) is 7.11 Å². The van der Waals surface area contributed by atoms with Crippen LogP contribution in [0.3, 0.4) is 0 Å². The molecule has 0 unspecified atom stereocenters. The first-order valence-electron chi connectivity index (χ1n) is 8.32. The van der Waals surface area contributed by atoms with Crippen LogP contribution in [-0.2, 0) is 0 Å². The normalized spacial score (nSPS) is 11.4. The highest BCUT2D eigenvalue weighted by atomic mass is 16.6. The van der Waals surface area contributed by atoms with Crippen molar-refractivity contribution in [3.05, 3.63) is 106 Å². The van der Waals surface area contributed by atoms with Gasteiger partial charge >= 0.3 is 0 Å². The predicted molar refractivity (Wildman–Crippen MR) is 102 cm³/mol. The zero-order chi connectivity index (χ0) is 19.2. The van der Waals surface area contributed by atoms with Crippen LogP contribution in [0.4, 0.5) is 5.69 Å². The number of nitro groups is 1. The lowest BCUT2D eigenvalue weighted by Crippen LogP contribution is -2.29. The van der Waals surface area contributed by atoms with Gasteiger partial charge in [0.05, 0.1) is 18.1 Å². The minimum absolute atomic E-state index is 0.0543. The molecule has 136 valence electrons. The summed E-state index contributed by atoms with van der Waals surface area (Å²) in [4.78, 5) is 23.0. The summed E-state index contributed by atoms with van der Waals surface area (Å²) >= 11 is 0. The summed E-state index contributed by atoms with van der Waals surface area (Å²) in [6.07, 6.45) is 0. The van der Waals surface area contributed by atoms with Gasteiger partial charge in [-0.25, -0.2) is 0 Å². The molecular weight excluding hydrogens is 344 g/mol. The topological polar surface area (TPSA) is 81.5 Å². The molecule has 0 radical (unpaired) electrons. The van der Waals surface area contributed by atoms with E-state index in [2.05, 4.69) is 5.32 Å². The third-order valence-electron chi connectivity index (χ3n) is 4.20. The van der Waals surface area contributed by atoms with Gasteiger partial charge in [-0.2, -0.15) is 0 Å². The van der Waals surface area contributed by atoms with Crippen molar-refractivity contribution < 1.29 is 14.5 Å². The summed E-state index contributed by atoms with van der Waals surface area (Å²) in [7, 11) is 1.60. The maximum atomic E-state index is 12.7. The van der Waals surface area contributed by atoms with Crippen molar-refractivity contribution in [1.29, 1.82) is 0 Å². The van der Waals surface area contributed by atoms with Crippen molar-refractivity contribution in [2.24, 2.45) is 0 Å². The third-order valence-corrected chi connectivity index (χ3v) is 4.20. The average molecular weight is 362 g/mol. The summed E-state index contributed by atoms with van der Waals surface area (Å²) in [6.45, 7) is 0. The molecule has 0 saturated carbocycles. The molecule has 1 N–H and O–H groups in total. The SMILES string of the molecule is COc1ccc([C@H](NC(=O)c2ccc([N+](=O)[O-])cc2)c2ccccc2)cc1. The van der Waals surface area contributed by atoms with E-state index in [0.717, 1.165) is 16.9 Å².